The van der Waals surface area contributed by atoms with E-state index < -0.39 is 7.60 Å². The van der Waals surface area contributed by atoms with Crippen LogP contribution in [0, 0.1) is 0 Å². The molecule has 3 rings (SSSR count). The van der Waals surface area contributed by atoms with Gasteiger partial charge in [-0.25, -0.2) is 4.98 Å². The van der Waals surface area contributed by atoms with Gasteiger partial charge in [0.05, 0.1) is 23.0 Å². The smallest absolute Gasteiger partial charge is 0.308 e. The molecule has 0 saturated heterocycles. The SMILES string of the molecule is CCCCOP(=O)(Cc1ccccc1)OC(CCC)c1nc2ccccc2s1. The van der Waals surface area contributed by atoms with Crippen LogP contribution in [0.3, 0.4) is 0 Å². The maximum atomic E-state index is 13.7. The minimum atomic E-state index is -3.30. The predicted octanol–water partition coefficient (Wildman–Crippen LogP) is 7.36. The van der Waals surface area contributed by atoms with Crippen molar-refractivity contribution in [3.8, 4) is 0 Å². The number of unbranched alkanes of at least 4 members (excludes halogenated alkanes) is 1. The third kappa shape index (κ3) is 5.74. The van der Waals surface area contributed by atoms with Gasteiger partial charge < -0.3 is 4.52 Å². The highest BCUT2D eigenvalue weighted by Crippen LogP contribution is 2.56. The Hall–Kier alpha value is -1.52. The highest BCUT2D eigenvalue weighted by atomic mass is 32.1. The average Bonchev–Trinajstić information content (AvgIpc) is 3.13. The molecule has 2 atom stereocenters. The normalized spacial score (nSPS) is 14.8. The summed E-state index contributed by atoms with van der Waals surface area (Å²) in [5.74, 6) is 0. The Bertz CT molecular complexity index is 879. The summed E-state index contributed by atoms with van der Waals surface area (Å²) in [5.41, 5.74) is 1.92. The molecule has 4 nitrogen and oxygen atoms in total. The van der Waals surface area contributed by atoms with E-state index in [2.05, 4.69) is 19.9 Å². The Balaban J connectivity index is 1.85. The lowest BCUT2D eigenvalue weighted by atomic mass is 10.2. The van der Waals surface area contributed by atoms with Crippen LogP contribution in [0.25, 0.3) is 10.2 Å². The number of aromatic nitrogens is 1. The number of rotatable bonds is 11. The van der Waals surface area contributed by atoms with Crippen LogP contribution in [0.4, 0.5) is 0 Å². The topological polar surface area (TPSA) is 48.4 Å². The molecule has 1 heterocycles. The Kier molecular flexibility index (Phi) is 7.81. The number of para-hydroxylation sites is 1. The minimum absolute atomic E-state index is 0.280. The lowest BCUT2D eigenvalue weighted by molar-refractivity contribution is 0.138. The van der Waals surface area contributed by atoms with E-state index in [0.29, 0.717) is 6.61 Å². The van der Waals surface area contributed by atoms with Crippen LogP contribution in [0.2, 0.25) is 0 Å². The molecule has 0 aliphatic carbocycles. The van der Waals surface area contributed by atoms with Crippen LogP contribution in [0.5, 0.6) is 0 Å². The molecule has 0 bridgehead atoms. The van der Waals surface area contributed by atoms with Gasteiger partial charge in [0.25, 0.3) is 0 Å². The molecule has 1 aromatic heterocycles. The molecule has 0 N–H and O–H groups in total. The molecule has 0 fully saturated rings. The van der Waals surface area contributed by atoms with Crippen molar-refractivity contribution < 1.29 is 13.6 Å². The van der Waals surface area contributed by atoms with Gasteiger partial charge in [-0.1, -0.05) is 69.2 Å². The zero-order valence-corrected chi connectivity index (χ0v) is 18.3. The van der Waals surface area contributed by atoms with Crippen molar-refractivity contribution in [1.82, 2.24) is 4.98 Å². The second-order valence-electron chi connectivity index (χ2n) is 6.84. The Morgan fingerprint density at radius 1 is 1.04 bits per heavy atom. The highest BCUT2D eigenvalue weighted by Gasteiger charge is 2.31. The second-order valence-corrected chi connectivity index (χ2v) is 9.91. The van der Waals surface area contributed by atoms with E-state index in [1.54, 1.807) is 11.3 Å². The maximum absolute atomic E-state index is 13.7. The maximum Gasteiger partial charge on any atom is 0.335 e. The second kappa shape index (κ2) is 10.3. The van der Waals surface area contributed by atoms with Crippen molar-refractivity contribution in [2.75, 3.05) is 6.61 Å². The van der Waals surface area contributed by atoms with Crippen molar-refractivity contribution in [2.45, 2.75) is 51.8 Å². The molecule has 150 valence electrons. The summed E-state index contributed by atoms with van der Waals surface area (Å²) in [6.45, 7) is 4.64. The number of hydrogen-bond acceptors (Lipinski definition) is 5. The van der Waals surface area contributed by atoms with Gasteiger partial charge in [-0.05, 0) is 30.5 Å². The lowest BCUT2D eigenvalue weighted by Gasteiger charge is -2.23. The summed E-state index contributed by atoms with van der Waals surface area (Å²) >= 11 is 1.61. The monoisotopic (exact) mass is 417 g/mol. The molecule has 3 aromatic rings. The molecular formula is C22H28NO3PS. The summed E-state index contributed by atoms with van der Waals surface area (Å²) in [4.78, 5) is 4.74. The van der Waals surface area contributed by atoms with Crippen LogP contribution in [-0.4, -0.2) is 11.6 Å². The first kappa shape index (κ1) is 21.2. The molecule has 28 heavy (non-hydrogen) atoms. The number of nitrogens with zero attached hydrogens (tertiary/aromatic N) is 1. The van der Waals surface area contributed by atoms with Gasteiger partial charge in [-0.15, -0.1) is 11.3 Å². The van der Waals surface area contributed by atoms with E-state index in [-0.39, 0.29) is 12.3 Å². The van der Waals surface area contributed by atoms with E-state index in [0.717, 1.165) is 46.5 Å². The van der Waals surface area contributed by atoms with Gasteiger partial charge in [0.2, 0.25) is 0 Å². The number of benzene rings is 2. The summed E-state index contributed by atoms with van der Waals surface area (Å²) in [5, 5.41) is 0.871. The molecular weight excluding hydrogens is 389 g/mol. The predicted molar refractivity (Wildman–Crippen MR) is 117 cm³/mol. The van der Waals surface area contributed by atoms with E-state index >= 15 is 0 Å². The summed E-state index contributed by atoms with van der Waals surface area (Å²) in [6, 6.07) is 17.8. The van der Waals surface area contributed by atoms with E-state index in [4.69, 9.17) is 14.0 Å². The molecule has 2 unspecified atom stereocenters. The Labute approximate surface area is 171 Å². The van der Waals surface area contributed by atoms with Gasteiger partial charge in [-0.2, -0.15) is 0 Å². The van der Waals surface area contributed by atoms with E-state index in [1.807, 2.05) is 48.5 Å². The van der Waals surface area contributed by atoms with Crippen LogP contribution in [0.15, 0.2) is 54.6 Å². The Morgan fingerprint density at radius 2 is 1.79 bits per heavy atom. The average molecular weight is 418 g/mol. The quantitative estimate of drug-likeness (QED) is 0.241. The van der Waals surface area contributed by atoms with Gasteiger partial charge in [0.1, 0.15) is 11.1 Å². The summed E-state index contributed by atoms with van der Waals surface area (Å²) in [7, 11) is -3.30. The first-order valence-electron chi connectivity index (χ1n) is 9.95. The van der Waals surface area contributed by atoms with Crippen LogP contribution in [-0.2, 0) is 19.8 Å². The highest BCUT2D eigenvalue weighted by molar-refractivity contribution is 7.53. The van der Waals surface area contributed by atoms with Gasteiger partial charge >= 0.3 is 7.60 Å². The molecule has 2 aromatic carbocycles. The third-order valence-corrected chi connectivity index (χ3v) is 7.46. The first-order chi connectivity index (χ1) is 13.6. The van der Waals surface area contributed by atoms with Crippen molar-refractivity contribution in [3.63, 3.8) is 0 Å². The molecule has 0 aliphatic heterocycles. The Morgan fingerprint density at radius 3 is 2.50 bits per heavy atom. The van der Waals surface area contributed by atoms with Crippen molar-refractivity contribution in [3.05, 3.63) is 65.2 Å². The largest absolute Gasteiger partial charge is 0.335 e. The first-order valence-corrected chi connectivity index (χ1v) is 12.5. The zero-order chi connectivity index (χ0) is 19.8. The van der Waals surface area contributed by atoms with Crippen LogP contribution >= 0.6 is 18.9 Å². The van der Waals surface area contributed by atoms with Gasteiger partial charge in [0, 0.05) is 0 Å². The number of fused-ring (bicyclic) bond motifs is 1. The van der Waals surface area contributed by atoms with Crippen LogP contribution < -0.4 is 0 Å². The van der Waals surface area contributed by atoms with E-state index in [1.165, 1.54) is 0 Å². The molecule has 0 spiro atoms. The molecule has 6 heteroatoms. The standard InChI is InChI=1S/C22H28NO3PS/c1-3-5-16-25-27(24,17-18-12-7-6-8-13-18)26-20(11-4-2)22-23-19-14-9-10-15-21(19)28-22/h6-10,12-15,20H,3-5,11,16-17H2,1-2H3. The fraction of sp³-hybridized carbons (Fsp3) is 0.409. The van der Waals surface area contributed by atoms with Crippen molar-refractivity contribution in [2.24, 2.45) is 0 Å². The number of thiazole rings is 1. The van der Waals surface area contributed by atoms with Crippen molar-refractivity contribution in [1.29, 1.82) is 0 Å². The van der Waals surface area contributed by atoms with Gasteiger partial charge in [-0.3, -0.25) is 9.09 Å². The lowest BCUT2D eigenvalue weighted by Crippen LogP contribution is -2.07. The molecule has 0 amide bonds. The fourth-order valence-electron chi connectivity index (χ4n) is 2.97. The minimum Gasteiger partial charge on any atom is -0.308 e. The zero-order valence-electron chi connectivity index (χ0n) is 16.5. The molecule has 0 saturated carbocycles. The van der Waals surface area contributed by atoms with Crippen LogP contribution in [0.1, 0.15) is 56.2 Å². The van der Waals surface area contributed by atoms with Crippen molar-refractivity contribution >= 4 is 29.1 Å². The van der Waals surface area contributed by atoms with E-state index in [9.17, 15) is 4.57 Å². The summed E-state index contributed by atoms with van der Waals surface area (Å²) in [6.07, 6.45) is 3.49. The fourth-order valence-corrected chi connectivity index (χ4v) is 5.96. The molecule has 0 aliphatic rings. The summed E-state index contributed by atoms with van der Waals surface area (Å²) < 4.78 is 26.9. The number of hydrogen-bond donors (Lipinski definition) is 0. The third-order valence-electron chi connectivity index (χ3n) is 4.43. The van der Waals surface area contributed by atoms with Gasteiger partial charge in [0.15, 0.2) is 0 Å². The molecule has 0 radical (unpaired) electrons.